The predicted octanol–water partition coefficient (Wildman–Crippen LogP) is 4.44. The second-order valence-electron chi connectivity index (χ2n) is 6.88. The molecule has 0 saturated carbocycles. The zero-order valence-electron chi connectivity index (χ0n) is 16.3. The topological polar surface area (TPSA) is 76.0 Å². The lowest BCUT2D eigenvalue weighted by Gasteiger charge is -2.14. The van der Waals surface area contributed by atoms with Gasteiger partial charge in [0, 0.05) is 22.6 Å². The van der Waals surface area contributed by atoms with Crippen molar-refractivity contribution in [3.63, 3.8) is 0 Å². The van der Waals surface area contributed by atoms with Gasteiger partial charge in [-0.15, -0.1) is 0 Å². The van der Waals surface area contributed by atoms with Crippen LogP contribution in [0.25, 0.3) is 10.9 Å². The molecule has 0 spiro atoms. The monoisotopic (exact) mass is 436 g/mol. The molecule has 1 aromatic heterocycles. The summed E-state index contributed by atoms with van der Waals surface area (Å²) >= 11 is 5.95. The van der Waals surface area contributed by atoms with Crippen molar-refractivity contribution < 1.29 is 9.18 Å². The Labute approximate surface area is 182 Å². The number of benzene rings is 3. The van der Waals surface area contributed by atoms with Crippen LogP contribution in [0.5, 0.6) is 0 Å². The molecule has 0 aliphatic rings. The van der Waals surface area contributed by atoms with Crippen molar-refractivity contribution in [3.8, 4) is 0 Å². The third-order valence-corrected chi connectivity index (χ3v) is 4.91. The van der Waals surface area contributed by atoms with Gasteiger partial charge in [0.15, 0.2) is 0 Å². The summed E-state index contributed by atoms with van der Waals surface area (Å²) in [5, 5.41) is 7.05. The van der Waals surface area contributed by atoms with Gasteiger partial charge in [0.05, 0.1) is 5.52 Å². The van der Waals surface area contributed by atoms with Crippen LogP contribution in [0.3, 0.4) is 0 Å². The molecule has 0 aliphatic carbocycles. The summed E-state index contributed by atoms with van der Waals surface area (Å²) in [6.45, 7) is 0.174. The van der Waals surface area contributed by atoms with E-state index in [0.29, 0.717) is 34.0 Å². The van der Waals surface area contributed by atoms with Gasteiger partial charge in [-0.2, -0.15) is 4.98 Å². The number of aromatic nitrogens is 2. The molecule has 0 saturated heterocycles. The number of carbonyl (C=O) groups excluding carboxylic acids is 1. The van der Waals surface area contributed by atoms with Crippen molar-refractivity contribution in [2.75, 3.05) is 10.6 Å². The molecule has 1 amide bonds. The molecular formula is C23H18ClFN4O2. The molecule has 4 aromatic rings. The van der Waals surface area contributed by atoms with Gasteiger partial charge in [-0.05, 0) is 48.0 Å². The molecule has 1 heterocycles. The molecule has 0 unspecified atom stereocenters. The average Bonchev–Trinajstić information content (AvgIpc) is 2.75. The Kier molecular flexibility index (Phi) is 5.95. The van der Waals surface area contributed by atoms with Crippen molar-refractivity contribution in [2.45, 2.75) is 13.1 Å². The molecule has 0 aliphatic heterocycles. The summed E-state index contributed by atoms with van der Waals surface area (Å²) in [7, 11) is 0. The van der Waals surface area contributed by atoms with Crippen LogP contribution in [-0.4, -0.2) is 15.5 Å². The maximum Gasteiger partial charge on any atom is 0.350 e. The van der Waals surface area contributed by atoms with Crippen molar-refractivity contribution >= 4 is 39.9 Å². The number of rotatable bonds is 6. The smallest absolute Gasteiger partial charge is 0.350 e. The van der Waals surface area contributed by atoms with Crippen molar-refractivity contribution in [1.82, 2.24) is 9.55 Å². The SMILES string of the molecule is O=C(Cn1c(=O)nc(NCc2ccc(F)cc2)c2ccccc21)Nc1cccc(Cl)c1. The molecule has 0 radical (unpaired) electrons. The minimum Gasteiger partial charge on any atom is -0.365 e. The van der Waals surface area contributed by atoms with Gasteiger partial charge in [-0.1, -0.05) is 41.9 Å². The highest BCUT2D eigenvalue weighted by atomic mass is 35.5. The van der Waals surface area contributed by atoms with E-state index in [2.05, 4.69) is 15.6 Å². The maximum absolute atomic E-state index is 13.1. The number of nitrogens with one attached hydrogen (secondary N) is 2. The van der Waals surface area contributed by atoms with Crippen LogP contribution >= 0.6 is 11.6 Å². The van der Waals surface area contributed by atoms with Gasteiger partial charge >= 0.3 is 5.69 Å². The van der Waals surface area contributed by atoms with E-state index in [0.717, 1.165) is 5.56 Å². The number of para-hydroxylation sites is 1. The number of anilines is 2. The van der Waals surface area contributed by atoms with Crippen LogP contribution in [0.1, 0.15) is 5.56 Å². The molecule has 4 rings (SSSR count). The molecule has 31 heavy (non-hydrogen) atoms. The molecular weight excluding hydrogens is 419 g/mol. The van der Waals surface area contributed by atoms with Crippen LogP contribution in [0.4, 0.5) is 15.9 Å². The first kappa shape index (κ1) is 20.6. The average molecular weight is 437 g/mol. The lowest BCUT2D eigenvalue weighted by Crippen LogP contribution is -2.30. The van der Waals surface area contributed by atoms with Gasteiger partial charge in [-0.3, -0.25) is 9.36 Å². The van der Waals surface area contributed by atoms with Crippen LogP contribution in [0, 0.1) is 5.82 Å². The third kappa shape index (κ3) is 4.90. The van der Waals surface area contributed by atoms with Gasteiger partial charge in [0.25, 0.3) is 0 Å². The van der Waals surface area contributed by atoms with Crippen LogP contribution in [0.15, 0.2) is 77.6 Å². The van der Waals surface area contributed by atoms with E-state index in [1.54, 1.807) is 48.5 Å². The van der Waals surface area contributed by atoms with E-state index < -0.39 is 5.69 Å². The quantitative estimate of drug-likeness (QED) is 0.468. The highest BCUT2D eigenvalue weighted by Crippen LogP contribution is 2.20. The Morgan fingerprint density at radius 3 is 2.58 bits per heavy atom. The fraction of sp³-hybridized carbons (Fsp3) is 0.0870. The molecule has 0 atom stereocenters. The van der Waals surface area contributed by atoms with Gasteiger partial charge in [0.2, 0.25) is 5.91 Å². The minimum absolute atomic E-state index is 0.197. The molecule has 2 N–H and O–H groups in total. The zero-order chi connectivity index (χ0) is 21.8. The Morgan fingerprint density at radius 1 is 1.03 bits per heavy atom. The van der Waals surface area contributed by atoms with Crippen LogP contribution in [0.2, 0.25) is 5.02 Å². The summed E-state index contributed by atoms with van der Waals surface area (Å²) < 4.78 is 14.4. The molecule has 156 valence electrons. The molecule has 0 fully saturated rings. The molecule has 6 nitrogen and oxygen atoms in total. The maximum atomic E-state index is 13.1. The zero-order valence-corrected chi connectivity index (χ0v) is 17.1. The summed E-state index contributed by atoms with van der Waals surface area (Å²) in [4.78, 5) is 29.4. The van der Waals surface area contributed by atoms with Crippen LogP contribution in [-0.2, 0) is 17.9 Å². The number of amides is 1. The lowest BCUT2D eigenvalue weighted by molar-refractivity contribution is -0.116. The fourth-order valence-corrected chi connectivity index (χ4v) is 3.40. The Hall–Kier alpha value is -3.71. The van der Waals surface area contributed by atoms with E-state index in [-0.39, 0.29) is 18.3 Å². The number of hydrogen-bond acceptors (Lipinski definition) is 4. The summed E-state index contributed by atoms with van der Waals surface area (Å²) in [5.41, 5.74) is 1.41. The fourth-order valence-electron chi connectivity index (χ4n) is 3.21. The Bertz CT molecular complexity index is 1310. The summed E-state index contributed by atoms with van der Waals surface area (Å²) in [6, 6.07) is 20.0. The highest BCUT2D eigenvalue weighted by Gasteiger charge is 2.13. The second-order valence-corrected chi connectivity index (χ2v) is 7.32. The van der Waals surface area contributed by atoms with Crippen molar-refractivity contribution in [1.29, 1.82) is 0 Å². The largest absolute Gasteiger partial charge is 0.365 e. The van der Waals surface area contributed by atoms with E-state index >= 15 is 0 Å². The van der Waals surface area contributed by atoms with Gasteiger partial charge in [0.1, 0.15) is 18.2 Å². The summed E-state index contributed by atoms with van der Waals surface area (Å²) in [5.74, 6) is -0.286. The highest BCUT2D eigenvalue weighted by molar-refractivity contribution is 6.30. The number of halogens is 2. The standard InChI is InChI=1S/C23H18ClFN4O2/c24-16-4-3-5-18(12-16)27-21(30)14-29-20-7-2-1-6-19(20)22(28-23(29)31)26-13-15-8-10-17(25)11-9-15/h1-12H,13-14H2,(H,27,30)(H,26,28,31). The van der Waals surface area contributed by atoms with E-state index in [1.807, 2.05) is 12.1 Å². The minimum atomic E-state index is -0.554. The first-order valence-corrected chi connectivity index (χ1v) is 9.91. The lowest BCUT2D eigenvalue weighted by atomic mass is 10.2. The summed E-state index contributed by atoms with van der Waals surface area (Å²) in [6.07, 6.45) is 0. The number of carbonyl (C=O) groups is 1. The van der Waals surface area contributed by atoms with Gasteiger partial charge < -0.3 is 10.6 Å². The van der Waals surface area contributed by atoms with Crippen molar-refractivity contribution in [2.24, 2.45) is 0 Å². The number of fused-ring (bicyclic) bond motifs is 1. The Morgan fingerprint density at radius 2 is 1.81 bits per heavy atom. The van der Waals surface area contributed by atoms with E-state index in [1.165, 1.54) is 16.7 Å². The first-order chi connectivity index (χ1) is 15.0. The first-order valence-electron chi connectivity index (χ1n) is 9.53. The third-order valence-electron chi connectivity index (χ3n) is 4.67. The van der Waals surface area contributed by atoms with Crippen LogP contribution < -0.4 is 16.3 Å². The van der Waals surface area contributed by atoms with Crippen molar-refractivity contribution in [3.05, 3.63) is 99.7 Å². The number of hydrogen-bond donors (Lipinski definition) is 2. The Balaban J connectivity index is 1.59. The molecule has 0 bridgehead atoms. The number of nitrogens with zero attached hydrogens (tertiary/aromatic N) is 2. The van der Waals surface area contributed by atoms with Gasteiger partial charge in [-0.25, -0.2) is 9.18 Å². The molecule has 3 aromatic carbocycles. The van der Waals surface area contributed by atoms with E-state index in [4.69, 9.17) is 11.6 Å². The second kappa shape index (κ2) is 8.97. The predicted molar refractivity (Wildman–Crippen MR) is 120 cm³/mol. The normalized spacial score (nSPS) is 10.8. The molecule has 8 heteroatoms. The van der Waals surface area contributed by atoms with E-state index in [9.17, 15) is 14.0 Å².